The zero-order valence-electron chi connectivity index (χ0n) is 8.77. The number of hydrogen-bond donors (Lipinski definition) is 4. The summed E-state index contributed by atoms with van der Waals surface area (Å²) in [6.45, 7) is 2.51. The van der Waals surface area contributed by atoms with Gasteiger partial charge in [0.1, 0.15) is 5.82 Å². The number of nitrogens with two attached hydrogens (primary N) is 1. The Morgan fingerprint density at radius 1 is 1.60 bits per heavy atom. The lowest BCUT2D eigenvalue weighted by molar-refractivity contribution is 0.176. The Kier molecular flexibility index (Phi) is 4.79. The van der Waals surface area contributed by atoms with Crippen LogP contribution in [0.15, 0.2) is 12.3 Å². The van der Waals surface area contributed by atoms with Gasteiger partial charge < -0.3 is 10.4 Å². The number of nitrogens with one attached hydrogen (secondary N) is 2. The molecule has 1 unspecified atom stereocenters. The van der Waals surface area contributed by atoms with Crippen molar-refractivity contribution in [3.8, 4) is 0 Å². The normalized spacial score (nSPS) is 12.2. The third kappa shape index (κ3) is 4.09. The van der Waals surface area contributed by atoms with E-state index in [1.54, 1.807) is 12.3 Å². The Labute approximate surface area is 88.9 Å². The Morgan fingerprint density at radius 3 is 3.07 bits per heavy atom. The number of aliphatic hydroxyl groups excluding tert-OH is 1. The first-order valence-corrected chi connectivity index (χ1v) is 4.98. The van der Waals surface area contributed by atoms with Gasteiger partial charge in [0.25, 0.3) is 0 Å². The van der Waals surface area contributed by atoms with Gasteiger partial charge in [-0.25, -0.2) is 10.8 Å². The van der Waals surface area contributed by atoms with Crippen LogP contribution in [0.25, 0.3) is 0 Å². The summed E-state index contributed by atoms with van der Waals surface area (Å²) in [4.78, 5) is 7.93. The van der Waals surface area contributed by atoms with Crippen LogP contribution in [-0.4, -0.2) is 27.7 Å². The molecular formula is C9H17N5O. The van der Waals surface area contributed by atoms with E-state index in [1.807, 2.05) is 6.92 Å². The zero-order valence-corrected chi connectivity index (χ0v) is 8.77. The van der Waals surface area contributed by atoms with Gasteiger partial charge in [-0.1, -0.05) is 13.3 Å². The molecule has 84 valence electrons. The van der Waals surface area contributed by atoms with Gasteiger partial charge in [-0.05, 0) is 12.5 Å². The summed E-state index contributed by atoms with van der Waals surface area (Å²) in [5, 5.41) is 12.5. The molecular weight excluding hydrogens is 194 g/mol. The molecule has 1 aromatic rings. The van der Waals surface area contributed by atoms with Gasteiger partial charge in [0.15, 0.2) is 0 Å². The van der Waals surface area contributed by atoms with E-state index in [0.717, 1.165) is 12.8 Å². The number of hydrogen-bond acceptors (Lipinski definition) is 6. The SMILES string of the molecule is CCCC(O)CNc1ccnc(NN)n1. The first-order valence-electron chi connectivity index (χ1n) is 4.98. The van der Waals surface area contributed by atoms with Gasteiger partial charge in [0.05, 0.1) is 6.10 Å². The smallest absolute Gasteiger partial charge is 0.239 e. The summed E-state index contributed by atoms with van der Waals surface area (Å²) in [5.41, 5.74) is 2.36. The fourth-order valence-corrected chi connectivity index (χ4v) is 1.18. The topological polar surface area (TPSA) is 96.1 Å². The van der Waals surface area contributed by atoms with Crippen molar-refractivity contribution in [1.29, 1.82) is 0 Å². The van der Waals surface area contributed by atoms with E-state index in [1.165, 1.54) is 0 Å². The highest BCUT2D eigenvalue weighted by Gasteiger charge is 2.03. The summed E-state index contributed by atoms with van der Waals surface area (Å²) >= 11 is 0. The van der Waals surface area contributed by atoms with Gasteiger partial charge in [0, 0.05) is 12.7 Å². The van der Waals surface area contributed by atoms with Crippen LogP contribution in [0.3, 0.4) is 0 Å². The molecule has 0 saturated carbocycles. The van der Waals surface area contributed by atoms with Crippen molar-refractivity contribution >= 4 is 11.8 Å². The lowest BCUT2D eigenvalue weighted by Crippen LogP contribution is -2.20. The van der Waals surface area contributed by atoms with Crippen LogP contribution < -0.4 is 16.6 Å². The maximum atomic E-state index is 9.49. The standard InChI is InChI=1S/C9H17N5O/c1-2-3-7(15)6-12-8-4-5-11-9(13-8)14-10/h4-5,7,15H,2-3,6,10H2,1H3,(H2,11,12,13,14). The molecule has 0 aliphatic carbocycles. The molecule has 0 spiro atoms. The highest BCUT2D eigenvalue weighted by molar-refractivity contribution is 5.38. The second-order valence-corrected chi connectivity index (χ2v) is 3.23. The number of rotatable bonds is 6. The second kappa shape index (κ2) is 6.15. The molecule has 0 fully saturated rings. The van der Waals surface area contributed by atoms with Crippen LogP contribution in [0.5, 0.6) is 0 Å². The van der Waals surface area contributed by atoms with Crippen LogP contribution in [0.4, 0.5) is 11.8 Å². The van der Waals surface area contributed by atoms with Crippen molar-refractivity contribution in [3.05, 3.63) is 12.3 Å². The lowest BCUT2D eigenvalue weighted by atomic mass is 10.2. The molecule has 1 rings (SSSR count). The van der Waals surface area contributed by atoms with Crippen LogP contribution in [-0.2, 0) is 0 Å². The summed E-state index contributed by atoms with van der Waals surface area (Å²) in [6.07, 6.45) is 2.98. The van der Waals surface area contributed by atoms with Crippen LogP contribution in [0.1, 0.15) is 19.8 Å². The van der Waals surface area contributed by atoms with Crippen molar-refractivity contribution in [2.45, 2.75) is 25.9 Å². The number of anilines is 2. The summed E-state index contributed by atoms with van der Waals surface area (Å²) in [7, 11) is 0. The summed E-state index contributed by atoms with van der Waals surface area (Å²) in [6, 6.07) is 1.72. The third-order valence-electron chi connectivity index (χ3n) is 1.93. The number of nitrogens with zero attached hydrogens (tertiary/aromatic N) is 2. The van der Waals surface area contributed by atoms with Gasteiger partial charge in [-0.3, -0.25) is 5.43 Å². The van der Waals surface area contributed by atoms with Crippen molar-refractivity contribution in [3.63, 3.8) is 0 Å². The Balaban J connectivity index is 2.43. The Hall–Kier alpha value is -1.40. The van der Waals surface area contributed by atoms with Gasteiger partial charge in [-0.2, -0.15) is 4.98 Å². The number of aliphatic hydroxyl groups is 1. The minimum Gasteiger partial charge on any atom is -0.391 e. The highest BCUT2D eigenvalue weighted by Crippen LogP contribution is 2.05. The molecule has 0 amide bonds. The van der Waals surface area contributed by atoms with Crippen molar-refractivity contribution in [1.82, 2.24) is 9.97 Å². The van der Waals surface area contributed by atoms with Crippen molar-refractivity contribution in [2.75, 3.05) is 17.3 Å². The molecule has 0 aliphatic rings. The average molecular weight is 211 g/mol. The number of nitrogen functional groups attached to an aromatic ring is 1. The lowest BCUT2D eigenvalue weighted by Gasteiger charge is -2.11. The first-order chi connectivity index (χ1) is 7.26. The molecule has 6 nitrogen and oxygen atoms in total. The van der Waals surface area contributed by atoms with Gasteiger partial charge in [-0.15, -0.1) is 0 Å². The molecule has 15 heavy (non-hydrogen) atoms. The molecule has 0 aliphatic heterocycles. The monoisotopic (exact) mass is 211 g/mol. The molecule has 0 bridgehead atoms. The molecule has 0 saturated heterocycles. The maximum absolute atomic E-state index is 9.49. The van der Waals surface area contributed by atoms with E-state index in [0.29, 0.717) is 18.3 Å². The van der Waals surface area contributed by atoms with E-state index in [4.69, 9.17) is 5.84 Å². The van der Waals surface area contributed by atoms with Crippen LogP contribution in [0.2, 0.25) is 0 Å². The fraction of sp³-hybridized carbons (Fsp3) is 0.556. The minimum atomic E-state index is -0.348. The quantitative estimate of drug-likeness (QED) is 0.400. The first kappa shape index (κ1) is 11.7. The third-order valence-corrected chi connectivity index (χ3v) is 1.93. The number of hydrazine groups is 1. The van der Waals surface area contributed by atoms with E-state index < -0.39 is 0 Å². The van der Waals surface area contributed by atoms with Gasteiger partial charge in [0.2, 0.25) is 5.95 Å². The Morgan fingerprint density at radius 2 is 2.40 bits per heavy atom. The molecule has 1 atom stereocenters. The van der Waals surface area contributed by atoms with Crippen LogP contribution in [0, 0.1) is 0 Å². The summed E-state index contributed by atoms with van der Waals surface area (Å²) < 4.78 is 0. The zero-order chi connectivity index (χ0) is 11.1. The summed E-state index contributed by atoms with van der Waals surface area (Å²) in [5.74, 6) is 6.17. The molecule has 1 heterocycles. The Bertz CT molecular complexity index is 294. The molecule has 6 heteroatoms. The van der Waals surface area contributed by atoms with Gasteiger partial charge >= 0.3 is 0 Å². The molecule has 0 radical (unpaired) electrons. The predicted molar refractivity (Wildman–Crippen MR) is 59.2 cm³/mol. The second-order valence-electron chi connectivity index (χ2n) is 3.23. The van der Waals surface area contributed by atoms with E-state index >= 15 is 0 Å². The fourth-order valence-electron chi connectivity index (χ4n) is 1.18. The van der Waals surface area contributed by atoms with Crippen molar-refractivity contribution < 1.29 is 5.11 Å². The predicted octanol–water partition coefficient (Wildman–Crippen LogP) is 0.335. The molecule has 0 aromatic carbocycles. The highest BCUT2D eigenvalue weighted by atomic mass is 16.3. The van der Waals surface area contributed by atoms with E-state index in [2.05, 4.69) is 20.7 Å². The van der Waals surface area contributed by atoms with E-state index in [-0.39, 0.29) is 6.10 Å². The molecule has 5 N–H and O–H groups in total. The van der Waals surface area contributed by atoms with Crippen LogP contribution >= 0.6 is 0 Å². The maximum Gasteiger partial charge on any atom is 0.239 e. The minimum absolute atomic E-state index is 0.348. The van der Waals surface area contributed by atoms with Crippen molar-refractivity contribution in [2.24, 2.45) is 5.84 Å². The average Bonchev–Trinajstić information content (AvgIpc) is 2.27. The largest absolute Gasteiger partial charge is 0.391 e. The van der Waals surface area contributed by atoms with E-state index in [9.17, 15) is 5.11 Å². The molecule has 1 aromatic heterocycles. The number of aromatic nitrogens is 2.